The van der Waals surface area contributed by atoms with Gasteiger partial charge in [0.1, 0.15) is 11.6 Å². The molecule has 2 rings (SSSR count). The Hall–Kier alpha value is -2.57. The fourth-order valence-electron chi connectivity index (χ4n) is 1.67. The van der Waals surface area contributed by atoms with E-state index in [2.05, 4.69) is 9.97 Å². The maximum atomic E-state index is 13.5. The van der Waals surface area contributed by atoms with Crippen LogP contribution in [0, 0.1) is 11.6 Å². The molecular weight excluding hydrogens is 280 g/mol. The van der Waals surface area contributed by atoms with Crippen molar-refractivity contribution in [1.29, 1.82) is 0 Å². The van der Waals surface area contributed by atoms with Gasteiger partial charge in [-0.25, -0.2) is 18.7 Å². The van der Waals surface area contributed by atoms with Gasteiger partial charge >= 0.3 is 0 Å². The van der Waals surface area contributed by atoms with Crippen molar-refractivity contribution in [2.24, 2.45) is 0 Å². The smallest absolute Gasteiger partial charge is 0.233 e. The predicted octanol–water partition coefficient (Wildman–Crippen LogP) is 1.97. The van der Waals surface area contributed by atoms with Gasteiger partial charge in [0.15, 0.2) is 5.75 Å². The first-order valence-corrected chi connectivity index (χ1v) is 6.08. The summed E-state index contributed by atoms with van der Waals surface area (Å²) in [6, 6.07) is 3.46. The summed E-state index contributed by atoms with van der Waals surface area (Å²) in [7, 11) is 2.90. The van der Waals surface area contributed by atoms with Crippen molar-refractivity contribution >= 4 is 11.9 Å². The van der Waals surface area contributed by atoms with Gasteiger partial charge in [-0.1, -0.05) is 6.07 Å². The van der Waals surface area contributed by atoms with Crippen LogP contribution in [0.15, 0.2) is 30.6 Å². The highest BCUT2D eigenvalue weighted by Gasteiger charge is 2.18. The first kappa shape index (κ1) is 14.8. The van der Waals surface area contributed by atoms with Crippen molar-refractivity contribution in [3.8, 4) is 5.75 Å². The molecule has 0 aliphatic rings. The van der Waals surface area contributed by atoms with Crippen molar-refractivity contribution < 1.29 is 18.3 Å². The average Bonchev–Trinajstić information content (AvgIpc) is 2.50. The fraction of sp³-hybridized carbons (Fsp3) is 0.214. The number of rotatable bonds is 4. The minimum atomic E-state index is -0.757. The van der Waals surface area contributed by atoms with E-state index < -0.39 is 24.0 Å². The number of anilines is 1. The number of nitrogens with zero attached hydrogens (tertiary/aromatic N) is 3. The van der Waals surface area contributed by atoms with E-state index in [1.54, 1.807) is 0 Å². The lowest BCUT2D eigenvalue weighted by atomic mass is 10.1. The zero-order valence-corrected chi connectivity index (χ0v) is 11.5. The molecule has 21 heavy (non-hydrogen) atoms. The van der Waals surface area contributed by atoms with Crippen LogP contribution in [0.5, 0.6) is 5.75 Å². The Morgan fingerprint density at radius 2 is 1.81 bits per heavy atom. The van der Waals surface area contributed by atoms with Gasteiger partial charge in [0.2, 0.25) is 11.9 Å². The third-order valence-electron chi connectivity index (χ3n) is 2.91. The van der Waals surface area contributed by atoms with E-state index in [1.165, 1.54) is 32.6 Å². The third kappa shape index (κ3) is 3.31. The van der Waals surface area contributed by atoms with E-state index in [4.69, 9.17) is 4.74 Å². The highest BCUT2D eigenvalue weighted by Crippen LogP contribution is 2.16. The maximum Gasteiger partial charge on any atom is 0.233 e. The monoisotopic (exact) mass is 293 g/mol. The molecule has 110 valence electrons. The van der Waals surface area contributed by atoms with E-state index in [-0.39, 0.29) is 11.5 Å². The summed E-state index contributed by atoms with van der Waals surface area (Å²) in [5.41, 5.74) is -0.275. The molecule has 1 amide bonds. The predicted molar refractivity (Wildman–Crippen MR) is 72.1 cm³/mol. The van der Waals surface area contributed by atoms with Gasteiger partial charge in [0, 0.05) is 12.6 Å². The summed E-state index contributed by atoms with van der Waals surface area (Å²) < 4.78 is 31.9. The Kier molecular flexibility index (Phi) is 4.42. The topological polar surface area (TPSA) is 55.3 Å². The number of benzene rings is 1. The number of halogens is 2. The number of methoxy groups -OCH3 is 1. The molecule has 0 fully saturated rings. The van der Waals surface area contributed by atoms with E-state index in [1.807, 2.05) is 0 Å². The van der Waals surface area contributed by atoms with Gasteiger partial charge in [-0.15, -0.1) is 0 Å². The van der Waals surface area contributed by atoms with Gasteiger partial charge in [-0.2, -0.15) is 0 Å². The first-order valence-electron chi connectivity index (χ1n) is 6.08. The fourth-order valence-corrected chi connectivity index (χ4v) is 1.67. The van der Waals surface area contributed by atoms with Gasteiger partial charge in [0.25, 0.3) is 0 Å². The second kappa shape index (κ2) is 6.25. The molecule has 1 aromatic heterocycles. The summed E-state index contributed by atoms with van der Waals surface area (Å²) in [6.07, 6.45) is 2.38. The van der Waals surface area contributed by atoms with Crippen LogP contribution >= 0.6 is 0 Å². The summed E-state index contributed by atoms with van der Waals surface area (Å²) in [4.78, 5) is 21.1. The van der Waals surface area contributed by atoms with Gasteiger partial charge in [-0.05, 0) is 12.1 Å². The largest absolute Gasteiger partial charge is 0.494 e. The molecule has 7 heteroatoms. The molecule has 0 saturated carbocycles. The van der Waals surface area contributed by atoms with Crippen LogP contribution in [0.3, 0.4) is 0 Å². The molecule has 1 aromatic carbocycles. The van der Waals surface area contributed by atoms with Gasteiger partial charge in [0.05, 0.1) is 25.9 Å². The maximum absolute atomic E-state index is 13.5. The highest BCUT2D eigenvalue weighted by atomic mass is 19.1. The Balaban J connectivity index is 2.15. The van der Waals surface area contributed by atoms with Crippen molar-refractivity contribution in [3.05, 3.63) is 47.8 Å². The number of likely N-dealkylation sites (N-methyl/N-ethyl adjacent to an activating group) is 1. The number of aromatic nitrogens is 2. The third-order valence-corrected chi connectivity index (χ3v) is 2.91. The van der Waals surface area contributed by atoms with E-state index in [0.717, 1.165) is 17.0 Å². The van der Waals surface area contributed by atoms with Crippen molar-refractivity contribution in [2.45, 2.75) is 6.42 Å². The minimum Gasteiger partial charge on any atom is -0.494 e. The van der Waals surface area contributed by atoms with Gasteiger partial charge in [-0.3, -0.25) is 9.69 Å². The lowest BCUT2D eigenvalue weighted by Gasteiger charge is -2.15. The van der Waals surface area contributed by atoms with Crippen LogP contribution in [0.1, 0.15) is 5.56 Å². The number of carbonyl (C=O) groups excluding carboxylic acids is 1. The number of ether oxygens (including phenoxy) is 1. The van der Waals surface area contributed by atoms with E-state index in [0.29, 0.717) is 5.75 Å². The summed E-state index contributed by atoms with van der Waals surface area (Å²) in [6.45, 7) is 0. The molecule has 0 radical (unpaired) electrons. The summed E-state index contributed by atoms with van der Waals surface area (Å²) in [5, 5.41) is 0. The van der Waals surface area contributed by atoms with E-state index in [9.17, 15) is 13.6 Å². The lowest BCUT2D eigenvalue weighted by Crippen LogP contribution is -2.30. The number of hydrogen-bond donors (Lipinski definition) is 0. The van der Waals surface area contributed by atoms with Crippen LogP contribution < -0.4 is 9.64 Å². The Bertz CT molecular complexity index is 627. The second-order valence-corrected chi connectivity index (χ2v) is 4.25. The van der Waals surface area contributed by atoms with Crippen LogP contribution in [0.2, 0.25) is 0 Å². The average molecular weight is 293 g/mol. The molecule has 1 heterocycles. The Morgan fingerprint density at radius 1 is 1.24 bits per heavy atom. The molecule has 0 bridgehead atoms. The van der Waals surface area contributed by atoms with Crippen LogP contribution in [0.4, 0.5) is 14.7 Å². The molecule has 0 N–H and O–H groups in total. The Morgan fingerprint density at radius 3 is 2.33 bits per heavy atom. The highest BCUT2D eigenvalue weighted by molar-refractivity contribution is 5.92. The van der Waals surface area contributed by atoms with Crippen molar-refractivity contribution in [3.63, 3.8) is 0 Å². The molecule has 0 aliphatic heterocycles. The number of hydrogen-bond acceptors (Lipinski definition) is 4. The molecule has 0 saturated heterocycles. The zero-order valence-electron chi connectivity index (χ0n) is 11.5. The van der Waals surface area contributed by atoms with Crippen molar-refractivity contribution in [2.75, 3.05) is 19.1 Å². The molecule has 5 nitrogen and oxygen atoms in total. The first-order chi connectivity index (χ1) is 10.0. The lowest BCUT2D eigenvalue weighted by molar-refractivity contribution is -0.117. The van der Waals surface area contributed by atoms with E-state index >= 15 is 0 Å². The molecule has 0 unspecified atom stereocenters. The number of amides is 1. The Labute approximate surface area is 120 Å². The van der Waals surface area contributed by atoms with Crippen molar-refractivity contribution in [1.82, 2.24) is 9.97 Å². The normalized spacial score (nSPS) is 10.3. The quantitative estimate of drug-likeness (QED) is 0.865. The molecule has 0 spiro atoms. The number of carbonyl (C=O) groups is 1. The van der Waals surface area contributed by atoms with Gasteiger partial charge < -0.3 is 4.74 Å². The van der Waals surface area contributed by atoms with Crippen LogP contribution in [0.25, 0.3) is 0 Å². The zero-order chi connectivity index (χ0) is 15.4. The standard InChI is InChI=1S/C14H13F2N3O2/c1-19(14-17-7-9(21-2)8-18-14)13(20)6-10-11(15)4-3-5-12(10)16/h3-5,7-8H,6H2,1-2H3. The SMILES string of the molecule is COc1cnc(N(C)C(=O)Cc2c(F)cccc2F)nc1. The minimum absolute atomic E-state index is 0.123. The van der Waals surface area contributed by atoms with Crippen LogP contribution in [-0.4, -0.2) is 30.0 Å². The molecular formula is C14H13F2N3O2. The summed E-state index contributed by atoms with van der Waals surface area (Å²) in [5.74, 6) is -1.47. The van der Waals surface area contributed by atoms with Crippen LogP contribution in [-0.2, 0) is 11.2 Å². The molecule has 0 atom stereocenters. The summed E-state index contributed by atoms with van der Waals surface area (Å²) >= 11 is 0. The molecule has 2 aromatic rings. The molecule has 0 aliphatic carbocycles. The second-order valence-electron chi connectivity index (χ2n) is 4.25.